The van der Waals surface area contributed by atoms with Crippen LogP contribution >= 0.6 is 34.3 Å². The molecule has 3 aromatic heterocycles. The molecule has 0 amide bonds. The van der Waals surface area contributed by atoms with Gasteiger partial charge in [0.05, 0.1) is 15.7 Å². The Morgan fingerprint density at radius 3 is 3.05 bits per heavy atom. The van der Waals surface area contributed by atoms with Crippen molar-refractivity contribution >= 4 is 39.2 Å². The number of hydrogen-bond donors (Lipinski definition) is 1. The van der Waals surface area contributed by atoms with Crippen molar-refractivity contribution in [3.05, 3.63) is 44.3 Å². The van der Waals surface area contributed by atoms with Gasteiger partial charge in [0.1, 0.15) is 0 Å². The smallest absolute Gasteiger partial charge is 0.194 e. The summed E-state index contributed by atoms with van der Waals surface area (Å²) in [5.74, 6) is 0. The second kappa shape index (κ2) is 5.25. The lowest BCUT2D eigenvalue weighted by Crippen LogP contribution is -2.18. The average molecular weight is 312 g/mol. The number of hydrogen-bond acceptors (Lipinski definition) is 4. The molecule has 0 aromatic carbocycles. The number of thiazole rings is 1. The number of imidazole rings is 1. The van der Waals surface area contributed by atoms with Crippen LogP contribution in [0.1, 0.15) is 29.2 Å². The fraction of sp³-hybridized carbons (Fsp3) is 0.308. The molecule has 3 aromatic rings. The van der Waals surface area contributed by atoms with E-state index in [9.17, 15) is 0 Å². The van der Waals surface area contributed by atoms with Crippen LogP contribution in [0.5, 0.6) is 0 Å². The van der Waals surface area contributed by atoms with Gasteiger partial charge in [-0.3, -0.25) is 4.40 Å². The van der Waals surface area contributed by atoms with Crippen molar-refractivity contribution in [2.45, 2.75) is 26.4 Å². The van der Waals surface area contributed by atoms with E-state index in [0.717, 1.165) is 21.5 Å². The van der Waals surface area contributed by atoms with Gasteiger partial charge >= 0.3 is 0 Å². The van der Waals surface area contributed by atoms with Gasteiger partial charge in [-0.25, -0.2) is 4.98 Å². The van der Waals surface area contributed by atoms with Crippen LogP contribution < -0.4 is 5.32 Å². The van der Waals surface area contributed by atoms with Crippen LogP contribution in [0.2, 0.25) is 4.34 Å². The van der Waals surface area contributed by atoms with Gasteiger partial charge in [-0.2, -0.15) is 0 Å². The first-order chi connectivity index (χ1) is 9.15. The van der Waals surface area contributed by atoms with Gasteiger partial charge < -0.3 is 5.32 Å². The summed E-state index contributed by atoms with van der Waals surface area (Å²) in [5, 5.41) is 5.60. The second-order valence-corrected chi connectivity index (χ2v) is 7.06. The topological polar surface area (TPSA) is 29.3 Å². The molecule has 1 N–H and O–H groups in total. The third kappa shape index (κ3) is 2.56. The maximum absolute atomic E-state index is 5.97. The molecule has 0 radical (unpaired) electrons. The maximum Gasteiger partial charge on any atom is 0.194 e. The van der Waals surface area contributed by atoms with Crippen molar-refractivity contribution < 1.29 is 0 Å². The largest absolute Gasteiger partial charge is 0.304 e. The molecule has 0 fully saturated rings. The van der Waals surface area contributed by atoms with Crippen LogP contribution in [-0.2, 0) is 6.54 Å². The van der Waals surface area contributed by atoms with Gasteiger partial charge in [-0.15, -0.1) is 22.7 Å². The minimum atomic E-state index is 0.293. The van der Waals surface area contributed by atoms with Gasteiger partial charge in [-0.05, 0) is 26.0 Å². The number of aromatic nitrogens is 2. The highest BCUT2D eigenvalue weighted by Gasteiger charge is 2.12. The number of halogens is 1. The van der Waals surface area contributed by atoms with Crippen LogP contribution in [0.25, 0.3) is 4.96 Å². The van der Waals surface area contributed by atoms with Crippen molar-refractivity contribution in [2.24, 2.45) is 0 Å². The molecule has 0 aliphatic rings. The van der Waals surface area contributed by atoms with Crippen molar-refractivity contribution in [3.8, 4) is 0 Å². The van der Waals surface area contributed by atoms with Crippen LogP contribution in [0.3, 0.4) is 0 Å². The molecule has 0 aliphatic heterocycles. The molecule has 0 saturated heterocycles. The fourth-order valence-electron chi connectivity index (χ4n) is 2.07. The van der Waals surface area contributed by atoms with E-state index in [1.807, 2.05) is 6.07 Å². The van der Waals surface area contributed by atoms with Crippen molar-refractivity contribution in [1.29, 1.82) is 0 Å². The van der Waals surface area contributed by atoms with Gasteiger partial charge in [-0.1, -0.05) is 11.6 Å². The Labute approximate surface area is 124 Å². The van der Waals surface area contributed by atoms with E-state index in [1.165, 1.54) is 10.6 Å². The normalized spacial score (nSPS) is 13.2. The predicted molar refractivity (Wildman–Crippen MR) is 82.4 cm³/mol. The molecule has 19 heavy (non-hydrogen) atoms. The minimum Gasteiger partial charge on any atom is -0.304 e. The third-order valence-corrected chi connectivity index (χ3v) is 5.33. The zero-order chi connectivity index (χ0) is 13.4. The molecular weight excluding hydrogens is 298 g/mol. The monoisotopic (exact) mass is 311 g/mol. The van der Waals surface area contributed by atoms with Crippen LogP contribution in [0, 0.1) is 6.92 Å². The van der Waals surface area contributed by atoms with Gasteiger partial charge in [0.25, 0.3) is 0 Å². The zero-order valence-electron chi connectivity index (χ0n) is 10.7. The van der Waals surface area contributed by atoms with Crippen LogP contribution in [-0.4, -0.2) is 9.38 Å². The number of rotatable bonds is 4. The first kappa shape index (κ1) is 13.1. The second-order valence-electron chi connectivity index (χ2n) is 4.44. The van der Waals surface area contributed by atoms with Gasteiger partial charge in [0, 0.05) is 29.0 Å². The molecule has 3 heterocycles. The summed E-state index contributed by atoms with van der Waals surface area (Å²) in [6.07, 6.45) is 2.07. The standard InChI is InChI=1S/C13H14ClN3S2/c1-8-10(17-5-6-18-13(17)16-8)7-15-9(2)11-3-4-12(14)19-11/h3-6,9,15H,7H2,1-2H3. The first-order valence-corrected chi connectivity index (χ1v) is 8.12. The van der Waals surface area contributed by atoms with Crippen molar-refractivity contribution in [1.82, 2.24) is 14.7 Å². The summed E-state index contributed by atoms with van der Waals surface area (Å²) in [7, 11) is 0. The number of thiophene rings is 1. The highest BCUT2D eigenvalue weighted by Crippen LogP contribution is 2.27. The highest BCUT2D eigenvalue weighted by molar-refractivity contribution is 7.16. The molecule has 0 spiro atoms. The van der Waals surface area contributed by atoms with Crippen LogP contribution in [0.4, 0.5) is 0 Å². The zero-order valence-corrected chi connectivity index (χ0v) is 13.1. The Kier molecular flexibility index (Phi) is 3.62. The lowest BCUT2D eigenvalue weighted by molar-refractivity contribution is 0.572. The third-order valence-electron chi connectivity index (χ3n) is 3.16. The van der Waals surface area contributed by atoms with E-state index in [-0.39, 0.29) is 0 Å². The summed E-state index contributed by atoms with van der Waals surface area (Å²) in [6, 6.07) is 4.32. The Morgan fingerprint density at radius 2 is 2.32 bits per heavy atom. The van der Waals surface area contributed by atoms with E-state index in [2.05, 4.69) is 46.2 Å². The summed E-state index contributed by atoms with van der Waals surface area (Å²) >= 11 is 9.26. The van der Waals surface area contributed by atoms with E-state index in [4.69, 9.17) is 11.6 Å². The number of fused-ring (bicyclic) bond motifs is 1. The van der Waals surface area contributed by atoms with Crippen LogP contribution in [0.15, 0.2) is 23.7 Å². The Balaban J connectivity index is 1.75. The Hall–Kier alpha value is -0.880. The molecule has 100 valence electrons. The highest BCUT2D eigenvalue weighted by atomic mass is 35.5. The molecule has 6 heteroatoms. The predicted octanol–water partition coefficient (Wildman–Crippen LogP) is 4.27. The maximum atomic E-state index is 5.97. The van der Waals surface area contributed by atoms with Crippen molar-refractivity contribution in [3.63, 3.8) is 0 Å². The quantitative estimate of drug-likeness (QED) is 0.779. The summed E-state index contributed by atoms with van der Waals surface area (Å²) in [4.78, 5) is 6.87. The van der Waals surface area contributed by atoms with E-state index < -0.39 is 0 Å². The van der Waals surface area contributed by atoms with E-state index in [1.54, 1.807) is 22.7 Å². The molecule has 1 atom stereocenters. The number of nitrogens with one attached hydrogen (secondary N) is 1. The summed E-state index contributed by atoms with van der Waals surface area (Å²) < 4.78 is 2.99. The van der Waals surface area contributed by atoms with Crippen molar-refractivity contribution in [2.75, 3.05) is 0 Å². The van der Waals surface area contributed by atoms with Gasteiger partial charge in [0.15, 0.2) is 4.96 Å². The molecule has 0 saturated carbocycles. The Morgan fingerprint density at radius 1 is 1.47 bits per heavy atom. The molecule has 3 rings (SSSR count). The molecule has 3 nitrogen and oxygen atoms in total. The fourth-order valence-corrected chi connectivity index (χ4v) is 3.93. The molecule has 0 aliphatic carbocycles. The van der Waals surface area contributed by atoms with E-state index >= 15 is 0 Å². The number of aryl methyl sites for hydroxylation is 1. The first-order valence-electron chi connectivity index (χ1n) is 6.05. The SMILES string of the molecule is Cc1nc2sccn2c1CNC(C)c1ccc(Cl)s1. The minimum absolute atomic E-state index is 0.293. The molecule has 0 bridgehead atoms. The number of nitrogens with zero attached hydrogens (tertiary/aromatic N) is 2. The summed E-state index contributed by atoms with van der Waals surface area (Å²) in [5.41, 5.74) is 2.32. The molecule has 1 unspecified atom stereocenters. The lowest BCUT2D eigenvalue weighted by Gasteiger charge is -2.12. The average Bonchev–Trinajstić information content (AvgIpc) is 3.03. The molecular formula is C13H14ClN3S2. The lowest BCUT2D eigenvalue weighted by atomic mass is 10.2. The summed E-state index contributed by atoms with van der Waals surface area (Å²) in [6.45, 7) is 5.02. The van der Waals surface area contributed by atoms with E-state index in [0.29, 0.717) is 6.04 Å². The van der Waals surface area contributed by atoms with Gasteiger partial charge in [0.2, 0.25) is 0 Å². The Bertz CT molecular complexity index is 698.